The Morgan fingerprint density at radius 3 is 2.45 bits per heavy atom. The number of aryl methyl sites for hydroxylation is 1. The van der Waals surface area contributed by atoms with Gasteiger partial charge in [-0.05, 0) is 49.0 Å². The van der Waals surface area contributed by atoms with Gasteiger partial charge in [0.15, 0.2) is 0 Å². The van der Waals surface area contributed by atoms with Crippen molar-refractivity contribution in [2.24, 2.45) is 10.8 Å². The maximum atomic E-state index is 2.76. The van der Waals surface area contributed by atoms with E-state index in [4.69, 9.17) is 0 Å². The number of rotatable bonds is 2. The van der Waals surface area contributed by atoms with Crippen molar-refractivity contribution in [2.45, 2.75) is 66.0 Å². The van der Waals surface area contributed by atoms with Gasteiger partial charge in [0.05, 0.1) is 0 Å². The SMILES string of the molecule is Cc1ccc(CN2C[C@@]3(C)CCC(C)(C)C[C@H]2C3)cc1. The zero-order valence-corrected chi connectivity index (χ0v) is 13.6. The molecule has 2 fully saturated rings. The first-order valence-electron chi connectivity index (χ1n) is 8.15. The molecule has 0 aromatic heterocycles. The fraction of sp³-hybridized carbons (Fsp3) is 0.684. The van der Waals surface area contributed by atoms with E-state index in [1.54, 1.807) is 0 Å². The fourth-order valence-electron chi connectivity index (χ4n) is 4.26. The topological polar surface area (TPSA) is 3.24 Å². The molecule has 0 unspecified atom stereocenters. The second-order valence-corrected chi connectivity index (χ2v) is 8.43. The maximum absolute atomic E-state index is 2.76. The molecule has 0 spiro atoms. The first-order chi connectivity index (χ1) is 9.35. The molecule has 1 heterocycles. The zero-order valence-electron chi connectivity index (χ0n) is 13.6. The number of nitrogens with zero attached hydrogens (tertiary/aromatic N) is 1. The van der Waals surface area contributed by atoms with Crippen LogP contribution in [0.5, 0.6) is 0 Å². The van der Waals surface area contributed by atoms with Gasteiger partial charge in [-0.25, -0.2) is 0 Å². The lowest BCUT2D eigenvalue weighted by atomic mass is 9.79. The Hall–Kier alpha value is -0.820. The summed E-state index contributed by atoms with van der Waals surface area (Å²) in [6.45, 7) is 12.0. The lowest BCUT2D eigenvalue weighted by Gasteiger charge is -2.35. The van der Waals surface area contributed by atoms with Crippen LogP contribution in [0.25, 0.3) is 0 Å². The molecule has 110 valence electrons. The van der Waals surface area contributed by atoms with Gasteiger partial charge in [-0.1, -0.05) is 50.6 Å². The van der Waals surface area contributed by atoms with E-state index in [1.165, 1.54) is 43.4 Å². The van der Waals surface area contributed by atoms with Gasteiger partial charge in [-0.3, -0.25) is 4.90 Å². The van der Waals surface area contributed by atoms with Crippen LogP contribution in [0.2, 0.25) is 0 Å². The van der Waals surface area contributed by atoms with Crippen LogP contribution >= 0.6 is 0 Å². The Morgan fingerprint density at radius 1 is 1.05 bits per heavy atom. The van der Waals surface area contributed by atoms with Gasteiger partial charge in [-0.2, -0.15) is 0 Å². The monoisotopic (exact) mass is 271 g/mol. The van der Waals surface area contributed by atoms with Crippen molar-refractivity contribution in [3.05, 3.63) is 35.4 Å². The summed E-state index contributed by atoms with van der Waals surface area (Å²) in [6, 6.07) is 9.89. The van der Waals surface area contributed by atoms with Gasteiger partial charge in [0, 0.05) is 19.1 Å². The molecule has 2 aliphatic rings. The molecule has 1 aromatic carbocycles. The molecule has 20 heavy (non-hydrogen) atoms. The molecule has 0 radical (unpaired) electrons. The van der Waals surface area contributed by atoms with E-state index in [2.05, 4.69) is 56.9 Å². The summed E-state index contributed by atoms with van der Waals surface area (Å²) < 4.78 is 0. The fourth-order valence-corrected chi connectivity index (χ4v) is 4.26. The molecule has 1 saturated carbocycles. The number of fused-ring (bicyclic) bond motifs is 2. The van der Waals surface area contributed by atoms with Crippen LogP contribution in [-0.2, 0) is 6.54 Å². The van der Waals surface area contributed by atoms with Crippen molar-refractivity contribution in [3.63, 3.8) is 0 Å². The number of hydrogen-bond acceptors (Lipinski definition) is 1. The maximum Gasteiger partial charge on any atom is 0.0236 e. The summed E-state index contributed by atoms with van der Waals surface area (Å²) in [7, 11) is 0. The number of hydrogen-bond donors (Lipinski definition) is 0. The molecule has 2 bridgehead atoms. The van der Waals surface area contributed by atoms with E-state index in [0.717, 1.165) is 12.6 Å². The Kier molecular flexibility index (Phi) is 3.44. The van der Waals surface area contributed by atoms with Crippen LogP contribution in [0.15, 0.2) is 24.3 Å². The van der Waals surface area contributed by atoms with Crippen molar-refractivity contribution in [1.82, 2.24) is 4.90 Å². The zero-order chi connectivity index (χ0) is 14.4. The van der Waals surface area contributed by atoms with Crippen molar-refractivity contribution < 1.29 is 0 Å². The Morgan fingerprint density at radius 2 is 1.75 bits per heavy atom. The highest BCUT2D eigenvalue weighted by molar-refractivity contribution is 5.21. The van der Waals surface area contributed by atoms with Crippen LogP contribution in [-0.4, -0.2) is 17.5 Å². The predicted octanol–water partition coefficient (Wildman–Crippen LogP) is 4.79. The summed E-state index contributed by atoms with van der Waals surface area (Å²) >= 11 is 0. The molecule has 0 amide bonds. The standard InChI is InChI=1S/C19H29N/c1-15-5-7-16(8-6-15)13-20-14-19(4)10-9-18(2,3)11-17(20)12-19/h5-8,17H,9-14H2,1-4H3/t17-,19-/m0/s1. The quantitative estimate of drug-likeness (QED) is 0.748. The molecular formula is C19H29N. The molecular weight excluding hydrogens is 242 g/mol. The molecule has 3 rings (SSSR count). The highest BCUT2D eigenvalue weighted by Crippen LogP contribution is 2.49. The third kappa shape index (κ3) is 2.93. The summed E-state index contributed by atoms with van der Waals surface area (Å²) in [5.74, 6) is 0. The van der Waals surface area contributed by atoms with Crippen molar-refractivity contribution in [2.75, 3.05) is 6.54 Å². The first-order valence-corrected chi connectivity index (χ1v) is 8.15. The Balaban J connectivity index is 1.76. The molecule has 1 saturated heterocycles. The van der Waals surface area contributed by atoms with Crippen LogP contribution in [0.3, 0.4) is 0 Å². The van der Waals surface area contributed by atoms with Crippen LogP contribution < -0.4 is 0 Å². The van der Waals surface area contributed by atoms with Crippen molar-refractivity contribution in [3.8, 4) is 0 Å². The second-order valence-electron chi connectivity index (χ2n) is 8.43. The number of likely N-dealkylation sites (tertiary alicyclic amines) is 1. The molecule has 1 nitrogen and oxygen atoms in total. The number of benzene rings is 1. The van der Waals surface area contributed by atoms with Crippen LogP contribution in [0, 0.1) is 17.8 Å². The average Bonchev–Trinajstić information content (AvgIpc) is 2.59. The Bertz CT molecular complexity index is 473. The van der Waals surface area contributed by atoms with Gasteiger partial charge < -0.3 is 0 Å². The van der Waals surface area contributed by atoms with E-state index in [0.29, 0.717) is 10.8 Å². The molecule has 1 aromatic rings. The van der Waals surface area contributed by atoms with Gasteiger partial charge in [0.1, 0.15) is 0 Å². The minimum atomic E-state index is 0.522. The van der Waals surface area contributed by atoms with Crippen molar-refractivity contribution >= 4 is 0 Å². The lowest BCUT2D eigenvalue weighted by molar-refractivity contribution is 0.139. The van der Waals surface area contributed by atoms with E-state index < -0.39 is 0 Å². The summed E-state index contributed by atoms with van der Waals surface area (Å²) in [6.07, 6.45) is 5.58. The van der Waals surface area contributed by atoms with Gasteiger partial charge in [0.2, 0.25) is 0 Å². The van der Waals surface area contributed by atoms with E-state index in [9.17, 15) is 0 Å². The van der Waals surface area contributed by atoms with Crippen LogP contribution in [0.4, 0.5) is 0 Å². The summed E-state index contributed by atoms with van der Waals surface area (Å²) in [4.78, 5) is 2.76. The molecule has 1 heteroatoms. The molecule has 2 atom stereocenters. The lowest BCUT2D eigenvalue weighted by Crippen LogP contribution is -2.35. The van der Waals surface area contributed by atoms with Gasteiger partial charge >= 0.3 is 0 Å². The smallest absolute Gasteiger partial charge is 0.0236 e. The third-order valence-electron chi connectivity index (χ3n) is 5.53. The Labute approximate surface area is 124 Å². The second kappa shape index (κ2) is 4.87. The van der Waals surface area contributed by atoms with Crippen molar-refractivity contribution in [1.29, 1.82) is 0 Å². The molecule has 0 N–H and O–H groups in total. The van der Waals surface area contributed by atoms with E-state index >= 15 is 0 Å². The highest BCUT2D eigenvalue weighted by atomic mass is 15.2. The first kappa shape index (κ1) is 14.1. The summed E-state index contributed by atoms with van der Waals surface area (Å²) in [5.41, 5.74) is 3.92. The predicted molar refractivity (Wildman–Crippen MR) is 85.7 cm³/mol. The largest absolute Gasteiger partial charge is 0.296 e. The highest BCUT2D eigenvalue weighted by Gasteiger charge is 2.45. The van der Waals surface area contributed by atoms with Gasteiger partial charge in [-0.15, -0.1) is 0 Å². The normalized spacial score (nSPS) is 33.1. The average molecular weight is 271 g/mol. The van der Waals surface area contributed by atoms with E-state index in [-0.39, 0.29) is 0 Å². The summed E-state index contributed by atoms with van der Waals surface area (Å²) in [5, 5.41) is 0. The minimum Gasteiger partial charge on any atom is -0.296 e. The van der Waals surface area contributed by atoms with Crippen LogP contribution in [0.1, 0.15) is 57.6 Å². The van der Waals surface area contributed by atoms with E-state index in [1.807, 2.05) is 0 Å². The molecule has 1 aliphatic carbocycles. The minimum absolute atomic E-state index is 0.522. The molecule has 1 aliphatic heterocycles. The van der Waals surface area contributed by atoms with Gasteiger partial charge in [0.25, 0.3) is 0 Å². The third-order valence-corrected chi connectivity index (χ3v) is 5.53.